The van der Waals surface area contributed by atoms with Gasteiger partial charge in [0.2, 0.25) is 5.88 Å². The molecule has 0 atom stereocenters. The number of methoxy groups -OCH3 is 1. The smallest absolute Gasteiger partial charge is 0.413 e. The largest absolute Gasteiger partial charge is 0.439 e. The van der Waals surface area contributed by atoms with Gasteiger partial charge in [-0.25, -0.2) is 19.7 Å². The Hall–Kier alpha value is -4.05. The third kappa shape index (κ3) is 4.03. The molecule has 10 nitrogen and oxygen atoms in total. The molecule has 36 heavy (non-hydrogen) atoms. The highest BCUT2D eigenvalue weighted by atomic mass is 16.6. The van der Waals surface area contributed by atoms with Crippen molar-refractivity contribution in [2.45, 2.75) is 31.8 Å². The van der Waals surface area contributed by atoms with Crippen molar-refractivity contribution >= 4 is 29.1 Å². The Morgan fingerprint density at radius 3 is 2.86 bits per heavy atom. The first kappa shape index (κ1) is 22.4. The Bertz CT molecular complexity index is 1370. The topological polar surface area (TPSA) is 111 Å². The standard InChI is InChI=1S/C26H26N6O4/c1-16-10-19(12-17-11-18(14-34-2)30-23(16)17)35-22-13-21(28-15-29-22)32-8-5-26(6-9-32)20-4-3-7-27-24(20)31-25(33)36-26/h3-4,7,10,12-13,15H,5-6,8-9,11,14H2,1-2H3,(H,27,31,33). The number of aliphatic imine (C=N–C) groups is 1. The van der Waals surface area contributed by atoms with E-state index in [9.17, 15) is 4.79 Å². The first-order valence-electron chi connectivity index (χ1n) is 11.9. The number of anilines is 2. The molecule has 3 aliphatic rings. The number of hydrogen-bond acceptors (Lipinski definition) is 9. The predicted molar refractivity (Wildman–Crippen MR) is 133 cm³/mol. The highest BCUT2D eigenvalue weighted by molar-refractivity contribution is 5.95. The van der Waals surface area contributed by atoms with Gasteiger partial charge in [-0.1, -0.05) is 0 Å². The second-order valence-electron chi connectivity index (χ2n) is 9.25. The van der Waals surface area contributed by atoms with Crippen LogP contribution in [0.15, 0.2) is 47.8 Å². The van der Waals surface area contributed by atoms with Gasteiger partial charge in [-0.2, -0.15) is 0 Å². The van der Waals surface area contributed by atoms with Crippen LogP contribution in [0.2, 0.25) is 0 Å². The number of fused-ring (bicyclic) bond motifs is 3. The van der Waals surface area contributed by atoms with Crippen molar-refractivity contribution < 1.29 is 19.0 Å². The summed E-state index contributed by atoms with van der Waals surface area (Å²) in [4.78, 5) is 32.1. The van der Waals surface area contributed by atoms with E-state index in [-0.39, 0.29) is 0 Å². The number of aromatic nitrogens is 3. The molecule has 1 amide bonds. The van der Waals surface area contributed by atoms with Crippen LogP contribution < -0.4 is 15.0 Å². The van der Waals surface area contributed by atoms with Gasteiger partial charge in [0.15, 0.2) is 0 Å². The zero-order valence-electron chi connectivity index (χ0n) is 20.2. The molecule has 6 rings (SSSR count). The van der Waals surface area contributed by atoms with Crippen molar-refractivity contribution in [1.29, 1.82) is 0 Å². The van der Waals surface area contributed by atoms with Crippen LogP contribution in [0, 0.1) is 6.92 Å². The van der Waals surface area contributed by atoms with E-state index in [4.69, 9.17) is 14.2 Å². The van der Waals surface area contributed by atoms with Crippen molar-refractivity contribution in [3.8, 4) is 11.6 Å². The molecule has 3 aliphatic heterocycles. The van der Waals surface area contributed by atoms with Gasteiger partial charge in [-0.15, -0.1) is 0 Å². The normalized spacial score (nSPS) is 17.7. The third-order valence-corrected chi connectivity index (χ3v) is 6.88. The molecule has 0 aliphatic carbocycles. The molecule has 0 saturated carbocycles. The first-order chi connectivity index (χ1) is 17.5. The molecule has 5 heterocycles. The highest BCUT2D eigenvalue weighted by Crippen LogP contribution is 2.43. The fraction of sp³-hybridized carbons (Fsp3) is 0.346. The molecule has 0 radical (unpaired) electrons. The van der Waals surface area contributed by atoms with Crippen LogP contribution in [0.5, 0.6) is 11.6 Å². The monoisotopic (exact) mass is 486 g/mol. The van der Waals surface area contributed by atoms with Crippen molar-refractivity contribution in [3.63, 3.8) is 0 Å². The molecule has 1 aromatic carbocycles. The number of carbonyl (C=O) groups excluding carboxylic acids is 1. The quantitative estimate of drug-likeness (QED) is 0.568. The average molecular weight is 487 g/mol. The lowest BCUT2D eigenvalue weighted by Crippen LogP contribution is -2.48. The van der Waals surface area contributed by atoms with E-state index in [1.807, 2.05) is 37.3 Å². The summed E-state index contributed by atoms with van der Waals surface area (Å²) in [6.07, 6.45) is 4.74. The Morgan fingerprint density at radius 1 is 1.17 bits per heavy atom. The van der Waals surface area contributed by atoms with Gasteiger partial charge < -0.3 is 19.1 Å². The summed E-state index contributed by atoms with van der Waals surface area (Å²) in [5, 5.41) is 2.70. The summed E-state index contributed by atoms with van der Waals surface area (Å²) in [5.74, 6) is 2.53. The van der Waals surface area contributed by atoms with Gasteiger partial charge in [0.25, 0.3) is 0 Å². The predicted octanol–water partition coefficient (Wildman–Crippen LogP) is 4.31. The second kappa shape index (κ2) is 8.87. The van der Waals surface area contributed by atoms with Gasteiger partial charge in [-0.05, 0) is 42.3 Å². The molecule has 184 valence electrons. The van der Waals surface area contributed by atoms with Gasteiger partial charge in [0.05, 0.1) is 12.3 Å². The Morgan fingerprint density at radius 2 is 2.03 bits per heavy atom. The average Bonchev–Trinajstić information content (AvgIpc) is 3.28. The molecule has 0 unspecified atom stereocenters. The van der Waals surface area contributed by atoms with Gasteiger partial charge in [0.1, 0.15) is 29.3 Å². The molecule has 1 spiro atoms. The summed E-state index contributed by atoms with van der Waals surface area (Å²) >= 11 is 0. The van der Waals surface area contributed by atoms with Crippen LogP contribution in [-0.2, 0) is 21.5 Å². The summed E-state index contributed by atoms with van der Waals surface area (Å²) in [6, 6.07) is 9.67. The van der Waals surface area contributed by atoms with Crippen molar-refractivity contribution in [3.05, 3.63) is 59.5 Å². The fourth-order valence-electron chi connectivity index (χ4n) is 5.21. The molecule has 10 heteroatoms. The third-order valence-electron chi connectivity index (χ3n) is 6.88. The van der Waals surface area contributed by atoms with E-state index < -0.39 is 11.7 Å². The number of pyridine rings is 1. The van der Waals surface area contributed by atoms with Crippen molar-refractivity contribution in [1.82, 2.24) is 15.0 Å². The molecular weight excluding hydrogens is 460 g/mol. The fourth-order valence-corrected chi connectivity index (χ4v) is 5.21. The highest BCUT2D eigenvalue weighted by Gasteiger charge is 2.45. The van der Waals surface area contributed by atoms with Gasteiger partial charge in [-0.3, -0.25) is 10.3 Å². The van der Waals surface area contributed by atoms with E-state index >= 15 is 0 Å². The number of ether oxygens (including phenoxy) is 3. The van der Waals surface area contributed by atoms with Crippen LogP contribution in [0.1, 0.15) is 29.5 Å². The summed E-state index contributed by atoms with van der Waals surface area (Å²) in [5.41, 5.74) is 4.42. The van der Waals surface area contributed by atoms with E-state index in [0.29, 0.717) is 50.0 Å². The van der Waals surface area contributed by atoms with E-state index in [0.717, 1.165) is 40.3 Å². The number of benzene rings is 1. The number of amides is 1. The number of aryl methyl sites for hydroxylation is 1. The molecule has 0 bridgehead atoms. The molecule has 1 saturated heterocycles. The molecule has 1 N–H and O–H groups in total. The van der Waals surface area contributed by atoms with E-state index in [1.165, 1.54) is 6.33 Å². The SMILES string of the molecule is COCC1=Nc2c(C)cc(Oc3cc(N4CCC5(CC4)OC(=O)Nc4ncccc45)ncn3)cc2C1. The van der Waals surface area contributed by atoms with Crippen molar-refractivity contribution in [2.24, 2.45) is 4.99 Å². The number of piperidine rings is 1. The summed E-state index contributed by atoms with van der Waals surface area (Å²) < 4.78 is 17.2. The maximum absolute atomic E-state index is 12.2. The van der Waals surface area contributed by atoms with Gasteiger partial charge >= 0.3 is 6.09 Å². The lowest BCUT2D eigenvalue weighted by molar-refractivity contribution is -0.00853. The molecular formula is C26H26N6O4. The zero-order valence-corrected chi connectivity index (χ0v) is 20.2. The number of nitrogens with one attached hydrogen (secondary N) is 1. The number of hydrogen-bond donors (Lipinski definition) is 1. The molecule has 2 aromatic heterocycles. The minimum Gasteiger partial charge on any atom is -0.439 e. The van der Waals surface area contributed by atoms with E-state index in [1.54, 1.807) is 13.3 Å². The Balaban J connectivity index is 1.17. The van der Waals surface area contributed by atoms with Crippen molar-refractivity contribution in [2.75, 3.05) is 37.0 Å². The Labute approximate surface area is 208 Å². The Kier molecular flexibility index (Phi) is 5.52. The zero-order chi connectivity index (χ0) is 24.7. The second-order valence-corrected chi connectivity index (χ2v) is 9.25. The first-order valence-corrected chi connectivity index (χ1v) is 11.9. The lowest BCUT2D eigenvalue weighted by Gasteiger charge is -2.44. The number of rotatable bonds is 5. The van der Waals surface area contributed by atoms with Crippen LogP contribution in [-0.4, -0.2) is 53.6 Å². The minimum atomic E-state index is -0.680. The maximum atomic E-state index is 12.2. The molecule has 3 aromatic rings. The van der Waals surface area contributed by atoms with Crippen LogP contribution in [0.25, 0.3) is 0 Å². The summed E-state index contributed by atoms with van der Waals surface area (Å²) in [7, 11) is 1.68. The van der Waals surface area contributed by atoms with Gasteiger partial charge in [0, 0.05) is 63.0 Å². The number of nitrogens with zero attached hydrogens (tertiary/aromatic N) is 5. The van der Waals surface area contributed by atoms with Crippen LogP contribution in [0.3, 0.4) is 0 Å². The minimum absolute atomic E-state index is 0.461. The maximum Gasteiger partial charge on any atom is 0.413 e. The van der Waals surface area contributed by atoms with Crippen LogP contribution >= 0.6 is 0 Å². The summed E-state index contributed by atoms with van der Waals surface area (Å²) in [6.45, 7) is 3.88. The van der Waals surface area contributed by atoms with Crippen LogP contribution in [0.4, 0.5) is 22.1 Å². The molecule has 1 fully saturated rings. The lowest BCUT2D eigenvalue weighted by atomic mass is 9.83. The number of carbonyl (C=O) groups is 1. The van der Waals surface area contributed by atoms with E-state index in [2.05, 4.69) is 30.2 Å².